The van der Waals surface area contributed by atoms with E-state index in [0.717, 1.165) is 28.1 Å². The summed E-state index contributed by atoms with van der Waals surface area (Å²) >= 11 is 0. The van der Waals surface area contributed by atoms with Gasteiger partial charge in [0.25, 0.3) is 0 Å². The van der Waals surface area contributed by atoms with E-state index in [0.29, 0.717) is 12.4 Å². The van der Waals surface area contributed by atoms with Crippen LogP contribution in [-0.2, 0) is 6.61 Å². The summed E-state index contributed by atoms with van der Waals surface area (Å²) in [6, 6.07) is 5.15. The molecule has 4 heteroatoms. The molecule has 1 aromatic carbocycles. The summed E-state index contributed by atoms with van der Waals surface area (Å²) in [4.78, 5) is 4.38. The smallest absolute Gasteiger partial charge is 0.131 e. The molecule has 0 amide bonds. The van der Waals surface area contributed by atoms with Gasteiger partial charge in [-0.15, -0.1) is 0 Å². The van der Waals surface area contributed by atoms with Crippen LogP contribution in [0.4, 0.5) is 0 Å². The van der Waals surface area contributed by atoms with E-state index in [1.165, 1.54) is 0 Å². The van der Waals surface area contributed by atoms with Gasteiger partial charge in [-0.1, -0.05) is 0 Å². The number of hydrogen-bond acceptors (Lipinski definition) is 4. The van der Waals surface area contributed by atoms with Gasteiger partial charge in [0.2, 0.25) is 0 Å². The first-order valence-corrected chi connectivity index (χ1v) is 6.43. The van der Waals surface area contributed by atoms with Crippen LogP contribution >= 0.6 is 0 Å². The normalized spacial score (nSPS) is 10.4. The molecule has 0 aliphatic rings. The number of ether oxygens (including phenoxy) is 2. The maximum Gasteiger partial charge on any atom is 0.131 e. The largest absolute Gasteiger partial charge is 0.508 e. The first kappa shape index (κ1) is 14.2. The molecule has 2 rings (SSSR count). The van der Waals surface area contributed by atoms with E-state index in [9.17, 15) is 5.11 Å². The Morgan fingerprint density at radius 1 is 1.15 bits per heavy atom. The van der Waals surface area contributed by atoms with E-state index in [1.54, 1.807) is 25.4 Å². The zero-order valence-corrected chi connectivity index (χ0v) is 12.2. The van der Waals surface area contributed by atoms with E-state index >= 15 is 0 Å². The number of phenols is 1. The van der Waals surface area contributed by atoms with Crippen molar-refractivity contribution in [1.29, 1.82) is 0 Å². The summed E-state index contributed by atoms with van der Waals surface area (Å²) in [5.74, 6) is 1.67. The van der Waals surface area contributed by atoms with Crippen molar-refractivity contribution in [2.75, 3.05) is 7.11 Å². The van der Waals surface area contributed by atoms with Crippen molar-refractivity contribution in [2.45, 2.75) is 27.4 Å². The van der Waals surface area contributed by atoms with Crippen LogP contribution in [0.2, 0.25) is 0 Å². The molecule has 0 aliphatic heterocycles. The number of aromatic hydroxyl groups is 1. The van der Waals surface area contributed by atoms with Gasteiger partial charge >= 0.3 is 0 Å². The van der Waals surface area contributed by atoms with Crippen LogP contribution < -0.4 is 9.47 Å². The molecule has 2 aromatic rings. The SMILES string of the molecule is COc1c(C)cnc(COc2cc(C)cc(O)c2)c1C. The van der Waals surface area contributed by atoms with Gasteiger partial charge in [-0.3, -0.25) is 4.98 Å². The van der Waals surface area contributed by atoms with Crippen LogP contribution in [-0.4, -0.2) is 17.2 Å². The number of phenolic OH excluding ortho intramolecular Hbond substituents is 1. The molecule has 106 valence electrons. The number of nitrogens with zero attached hydrogens (tertiary/aromatic N) is 1. The second kappa shape index (κ2) is 5.82. The molecule has 0 atom stereocenters. The van der Waals surface area contributed by atoms with Crippen LogP contribution in [0.25, 0.3) is 0 Å². The first-order chi connectivity index (χ1) is 9.51. The number of pyridine rings is 1. The number of methoxy groups -OCH3 is 1. The molecular formula is C16H19NO3. The van der Waals surface area contributed by atoms with Gasteiger partial charge in [0.05, 0.1) is 12.8 Å². The Hall–Kier alpha value is -2.23. The first-order valence-electron chi connectivity index (χ1n) is 6.43. The van der Waals surface area contributed by atoms with Crippen LogP contribution in [0, 0.1) is 20.8 Å². The van der Waals surface area contributed by atoms with Crippen LogP contribution in [0.5, 0.6) is 17.2 Å². The summed E-state index contributed by atoms with van der Waals surface area (Å²) in [7, 11) is 1.65. The number of benzene rings is 1. The van der Waals surface area contributed by atoms with E-state index in [2.05, 4.69) is 4.98 Å². The molecule has 0 bridgehead atoms. The van der Waals surface area contributed by atoms with E-state index in [4.69, 9.17) is 9.47 Å². The molecule has 0 radical (unpaired) electrons. The lowest BCUT2D eigenvalue weighted by atomic mass is 10.1. The average Bonchev–Trinajstić information content (AvgIpc) is 2.37. The van der Waals surface area contributed by atoms with E-state index in [1.807, 2.05) is 26.8 Å². The van der Waals surface area contributed by atoms with Crippen molar-refractivity contribution in [3.8, 4) is 17.2 Å². The van der Waals surface area contributed by atoms with Crippen molar-refractivity contribution in [1.82, 2.24) is 4.98 Å². The molecule has 20 heavy (non-hydrogen) atoms. The molecule has 4 nitrogen and oxygen atoms in total. The highest BCUT2D eigenvalue weighted by Crippen LogP contribution is 2.26. The molecule has 0 saturated carbocycles. The Bertz CT molecular complexity index is 603. The molecular weight excluding hydrogens is 254 g/mol. The van der Waals surface area contributed by atoms with Gasteiger partial charge in [0.1, 0.15) is 23.9 Å². The fourth-order valence-corrected chi connectivity index (χ4v) is 2.18. The molecule has 0 saturated heterocycles. The van der Waals surface area contributed by atoms with Gasteiger partial charge in [-0.2, -0.15) is 0 Å². The Labute approximate surface area is 119 Å². The molecule has 0 spiro atoms. The van der Waals surface area contributed by atoms with Crippen LogP contribution in [0.1, 0.15) is 22.4 Å². The lowest BCUT2D eigenvalue weighted by Gasteiger charge is -2.13. The number of aromatic nitrogens is 1. The minimum atomic E-state index is 0.200. The molecule has 1 N–H and O–H groups in total. The highest BCUT2D eigenvalue weighted by atomic mass is 16.5. The monoisotopic (exact) mass is 273 g/mol. The number of aryl methyl sites for hydroxylation is 2. The minimum absolute atomic E-state index is 0.200. The van der Waals surface area contributed by atoms with Crippen molar-refractivity contribution in [3.05, 3.63) is 46.8 Å². The van der Waals surface area contributed by atoms with E-state index < -0.39 is 0 Å². The highest BCUT2D eigenvalue weighted by molar-refractivity contribution is 5.41. The second-order valence-corrected chi connectivity index (χ2v) is 4.84. The van der Waals surface area contributed by atoms with Gasteiger partial charge in [0, 0.05) is 23.4 Å². The minimum Gasteiger partial charge on any atom is -0.508 e. The van der Waals surface area contributed by atoms with Crippen molar-refractivity contribution >= 4 is 0 Å². The number of rotatable bonds is 4. The van der Waals surface area contributed by atoms with Crippen molar-refractivity contribution < 1.29 is 14.6 Å². The zero-order chi connectivity index (χ0) is 14.7. The summed E-state index contributed by atoms with van der Waals surface area (Å²) in [6.07, 6.45) is 1.78. The molecule has 1 aromatic heterocycles. The molecule has 0 fully saturated rings. The third-order valence-corrected chi connectivity index (χ3v) is 3.16. The Balaban J connectivity index is 2.19. The third-order valence-electron chi connectivity index (χ3n) is 3.16. The second-order valence-electron chi connectivity index (χ2n) is 4.84. The van der Waals surface area contributed by atoms with Crippen LogP contribution in [0.3, 0.4) is 0 Å². The van der Waals surface area contributed by atoms with Gasteiger partial charge in [-0.05, 0) is 38.5 Å². The molecule has 1 heterocycles. The van der Waals surface area contributed by atoms with Gasteiger partial charge in [-0.25, -0.2) is 0 Å². The summed E-state index contributed by atoms with van der Waals surface area (Å²) in [6.45, 7) is 6.17. The Kier molecular flexibility index (Phi) is 4.13. The topological polar surface area (TPSA) is 51.6 Å². The van der Waals surface area contributed by atoms with E-state index in [-0.39, 0.29) is 5.75 Å². The average molecular weight is 273 g/mol. The fourth-order valence-electron chi connectivity index (χ4n) is 2.18. The summed E-state index contributed by atoms with van der Waals surface area (Å²) in [5.41, 5.74) is 3.76. The number of hydrogen-bond donors (Lipinski definition) is 1. The quantitative estimate of drug-likeness (QED) is 0.928. The fraction of sp³-hybridized carbons (Fsp3) is 0.312. The zero-order valence-electron chi connectivity index (χ0n) is 12.2. The maximum absolute atomic E-state index is 9.55. The van der Waals surface area contributed by atoms with Gasteiger partial charge < -0.3 is 14.6 Å². The summed E-state index contributed by atoms with van der Waals surface area (Å²) < 4.78 is 11.1. The lowest BCUT2D eigenvalue weighted by molar-refractivity contribution is 0.297. The molecule has 0 aliphatic carbocycles. The lowest BCUT2D eigenvalue weighted by Crippen LogP contribution is -2.04. The predicted octanol–water partition coefficient (Wildman–Crippen LogP) is 3.30. The molecule has 0 unspecified atom stereocenters. The summed E-state index contributed by atoms with van der Waals surface area (Å²) in [5, 5.41) is 9.55. The van der Waals surface area contributed by atoms with Gasteiger partial charge in [0.15, 0.2) is 0 Å². The standard InChI is InChI=1S/C16H19NO3/c1-10-5-13(18)7-14(6-10)20-9-15-12(3)16(19-4)11(2)8-17-15/h5-8,18H,9H2,1-4H3. The Morgan fingerprint density at radius 3 is 2.55 bits per heavy atom. The predicted molar refractivity (Wildman–Crippen MR) is 77.4 cm³/mol. The highest BCUT2D eigenvalue weighted by Gasteiger charge is 2.10. The third kappa shape index (κ3) is 3.02. The van der Waals surface area contributed by atoms with Crippen molar-refractivity contribution in [2.24, 2.45) is 0 Å². The Morgan fingerprint density at radius 2 is 1.90 bits per heavy atom. The van der Waals surface area contributed by atoms with Crippen molar-refractivity contribution in [3.63, 3.8) is 0 Å². The van der Waals surface area contributed by atoms with Crippen LogP contribution in [0.15, 0.2) is 24.4 Å². The maximum atomic E-state index is 9.55.